The molecule has 0 unspecified atom stereocenters. The second-order valence-corrected chi connectivity index (χ2v) is 5.28. The third kappa shape index (κ3) is 3.94. The molecule has 1 fully saturated rings. The molecule has 1 saturated carbocycles. The second-order valence-electron chi connectivity index (χ2n) is 5.28. The van der Waals surface area contributed by atoms with E-state index < -0.39 is 0 Å². The van der Waals surface area contributed by atoms with Gasteiger partial charge in [-0.2, -0.15) is 15.0 Å². The number of rotatable bonds is 7. The van der Waals surface area contributed by atoms with Gasteiger partial charge in [0, 0.05) is 27.2 Å². The molecule has 1 aromatic heterocycles. The van der Waals surface area contributed by atoms with Gasteiger partial charge in [-0.1, -0.05) is 13.3 Å². The first kappa shape index (κ1) is 13.8. The monoisotopic (exact) mass is 264 g/mol. The van der Waals surface area contributed by atoms with Crippen molar-refractivity contribution in [1.29, 1.82) is 0 Å². The predicted octanol–water partition coefficient (Wildman–Crippen LogP) is 1.97. The van der Waals surface area contributed by atoms with Gasteiger partial charge < -0.3 is 15.5 Å². The third-order valence-electron chi connectivity index (χ3n) is 3.33. The van der Waals surface area contributed by atoms with E-state index in [1.807, 2.05) is 19.0 Å². The SMILES string of the molecule is CCCNc1nc(NCC2CCC2)nc(N(C)C)n1. The minimum Gasteiger partial charge on any atom is -0.354 e. The topological polar surface area (TPSA) is 66.0 Å². The van der Waals surface area contributed by atoms with Crippen LogP contribution in [0.3, 0.4) is 0 Å². The van der Waals surface area contributed by atoms with Crippen molar-refractivity contribution < 1.29 is 0 Å². The van der Waals surface area contributed by atoms with Crippen molar-refractivity contribution in [3.8, 4) is 0 Å². The van der Waals surface area contributed by atoms with Crippen LogP contribution in [0, 0.1) is 5.92 Å². The average molecular weight is 264 g/mol. The van der Waals surface area contributed by atoms with Crippen molar-refractivity contribution >= 4 is 17.8 Å². The van der Waals surface area contributed by atoms with Gasteiger partial charge in [0.15, 0.2) is 0 Å². The minimum absolute atomic E-state index is 0.650. The number of hydrogen-bond acceptors (Lipinski definition) is 6. The maximum absolute atomic E-state index is 4.42. The zero-order valence-electron chi connectivity index (χ0n) is 12.1. The van der Waals surface area contributed by atoms with Crippen molar-refractivity contribution in [2.45, 2.75) is 32.6 Å². The van der Waals surface area contributed by atoms with Gasteiger partial charge in [0.2, 0.25) is 17.8 Å². The molecule has 6 nitrogen and oxygen atoms in total. The molecule has 0 saturated heterocycles. The van der Waals surface area contributed by atoms with Crippen LogP contribution in [0.4, 0.5) is 17.8 Å². The van der Waals surface area contributed by atoms with Crippen molar-refractivity contribution in [2.75, 3.05) is 42.7 Å². The van der Waals surface area contributed by atoms with Crippen molar-refractivity contribution in [3.63, 3.8) is 0 Å². The van der Waals surface area contributed by atoms with E-state index in [4.69, 9.17) is 0 Å². The van der Waals surface area contributed by atoms with Gasteiger partial charge >= 0.3 is 0 Å². The quantitative estimate of drug-likeness (QED) is 0.785. The Kier molecular flexibility index (Phi) is 4.76. The Morgan fingerprint density at radius 1 is 1.11 bits per heavy atom. The predicted molar refractivity (Wildman–Crippen MR) is 78.8 cm³/mol. The zero-order valence-corrected chi connectivity index (χ0v) is 12.1. The van der Waals surface area contributed by atoms with Gasteiger partial charge in [-0.25, -0.2) is 0 Å². The molecule has 0 radical (unpaired) electrons. The molecule has 19 heavy (non-hydrogen) atoms. The van der Waals surface area contributed by atoms with Crippen molar-refractivity contribution in [2.24, 2.45) is 5.92 Å². The summed E-state index contributed by atoms with van der Waals surface area (Å²) in [7, 11) is 3.88. The Bertz CT molecular complexity index is 402. The lowest BCUT2D eigenvalue weighted by Crippen LogP contribution is -2.23. The summed E-state index contributed by atoms with van der Waals surface area (Å²) < 4.78 is 0. The molecule has 0 aliphatic heterocycles. The number of anilines is 3. The van der Waals surface area contributed by atoms with Gasteiger partial charge in [-0.3, -0.25) is 0 Å². The van der Waals surface area contributed by atoms with E-state index in [2.05, 4.69) is 32.5 Å². The molecule has 0 amide bonds. The van der Waals surface area contributed by atoms with E-state index in [1.54, 1.807) is 0 Å². The lowest BCUT2D eigenvalue weighted by Gasteiger charge is -2.25. The molecular formula is C13H24N6. The summed E-state index contributed by atoms with van der Waals surface area (Å²) in [5, 5.41) is 6.55. The summed E-state index contributed by atoms with van der Waals surface area (Å²) in [6.45, 7) is 3.96. The van der Waals surface area contributed by atoms with Crippen molar-refractivity contribution in [3.05, 3.63) is 0 Å². The van der Waals surface area contributed by atoms with E-state index in [1.165, 1.54) is 19.3 Å². The lowest BCUT2D eigenvalue weighted by atomic mass is 9.85. The van der Waals surface area contributed by atoms with E-state index in [9.17, 15) is 0 Å². The maximum atomic E-state index is 4.42. The first-order valence-electron chi connectivity index (χ1n) is 7.10. The highest BCUT2D eigenvalue weighted by molar-refractivity contribution is 5.42. The first-order chi connectivity index (χ1) is 9.19. The third-order valence-corrected chi connectivity index (χ3v) is 3.33. The van der Waals surface area contributed by atoms with E-state index in [0.717, 1.165) is 25.4 Å². The second kappa shape index (κ2) is 6.54. The minimum atomic E-state index is 0.650. The van der Waals surface area contributed by atoms with Gasteiger partial charge in [0.1, 0.15) is 0 Å². The summed E-state index contributed by atoms with van der Waals surface area (Å²) in [5.74, 6) is 2.79. The molecule has 0 aromatic carbocycles. The highest BCUT2D eigenvalue weighted by atomic mass is 15.3. The van der Waals surface area contributed by atoms with Crippen LogP contribution in [0.25, 0.3) is 0 Å². The summed E-state index contributed by atoms with van der Waals surface area (Å²) in [4.78, 5) is 15.1. The molecule has 1 aliphatic carbocycles. The van der Waals surface area contributed by atoms with Crippen LogP contribution in [0.5, 0.6) is 0 Å². The normalized spacial score (nSPS) is 14.9. The maximum Gasteiger partial charge on any atom is 0.231 e. The summed E-state index contributed by atoms with van der Waals surface area (Å²) in [6, 6.07) is 0. The Morgan fingerprint density at radius 2 is 1.79 bits per heavy atom. The van der Waals surface area contributed by atoms with Crippen LogP contribution >= 0.6 is 0 Å². The molecule has 1 heterocycles. The fourth-order valence-corrected chi connectivity index (χ4v) is 1.89. The molecule has 106 valence electrons. The Balaban J connectivity index is 2.03. The number of hydrogen-bond donors (Lipinski definition) is 2. The molecule has 2 N–H and O–H groups in total. The van der Waals surface area contributed by atoms with Crippen LogP contribution in [0.15, 0.2) is 0 Å². The Morgan fingerprint density at radius 3 is 2.32 bits per heavy atom. The summed E-state index contributed by atoms with van der Waals surface area (Å²) in [6.07, 6.45) is 5.04. The fraction of sp³-hybridized carbons (Fsp3) is 0.769. The molecule has 6 heteroatoms. The zero-order chi connectivity index (χ0) is 13.7. The standard InChI is InChI=1S/C13H24N6/c1-4-8-14-11-16-12(15-9-10-6-5-7-10)18-13(17-11)19(2)3/h10H,4-9H2,1-3H3,(H2,14,15,16,17,18). The fourth-order valence-electron chi connectivity index (χ4n) is 1.89. The lowest BCUT2D eigenvalue weighted by molar-refractivity contribution is 0.333. The van der Waals surface area contributed by atoms with Gasteiger partial charge in [0.25, 0.3) is 0 Å². The first-order valence-corrected chi connectivity index (χ1v) is 7.10. The van der Waals surface area contributed by atoms with E-state index in [-0.39, 0.29) is 0 Å². The van der Waals surface area contributed by atoms with Gasteiger partial charge in [-0.05, 0) is 25.2 Å². The Hall–Kier alpha value is -1.59. The summed E-state index contributed by atoms with van der Waals surface area (Å²) >= 11 is 0. The number of aromatic nitrogens is 3. The van der Waals surface area contributed by atoms with E-state index >= 15 is 0 Å². The largest absolute Gasteiger partial charge is 0.354 e. The van der Waals surface area contributed by atoms with Crippen LogP contribution in [0.2, 0.25) is 0 Å². The summed E-state index contributed by atoms with van der Waals surface area (Å²) in [5.41, 5.74) is 0. The molecule has 0 atom stereocenters. The highest BCUT2D eigenvalue weighted by Gasteiger charge is 2.17. The highest BCUT2D eigenvalue weighted by Crippen LogP contribution is 2.26. The van der Waals surface area contributed by atoms with Gasteiger partial charge in [0.05, 0.1) is 0 Å². The average Bonchev–Trinajstić information content (AvgIpc) is 2.34. The van der Waals surface area contributed by atoms with Crippen LogP contribution < -0.4 is 15.5 Å². The molecule has 2 rings (SSSR count). The van der Waals surface area contributed by atoms with Crippen LogP contribution in [-0.2, 0) is 0 Å². The smallest absolute Gasteiger partial charge is 0.231 e. The van der Waals surface area contributed by atoms with Gasteiger partial charge in [-0.15, -0.1) is 0 Å². The number of nitrogens with zero attached hydrogens (tertiary/aromatic N) is 4. The molecule has 1 aliphatic rings. The van der Waals surface area contributed by atoms with Crippen LogP contribution in [0.1, 0.15) is 32.6 Å². The molecular weight excluding hydrogens is 240 g/mol. The number of nitrogens with one attached hydrogen (secondary N) is 2. The molecule has 1 aromatic rings. The van der Waals surface area contributed by atoms with Crippen LogP contribution in [-0.4, -0.2) is 42.1 Å². The Labute approximate surface area is 115 Å². The van der Waals surface area contributed by atoms with E-state index in [0.29, 0.717) is 17.8 Å². The molecule has 0 bridgehead atoms. The van der Waals surface area contributed by atoms with Crippen molar-refractivity contribution in [1.82, 2.24) is 15.0 Å². The molecule has 0 spiro atoms.